The summed E-state index contributed by atoms with van der Waals surface area (Å²) < 4.78 is 18.8. The second-order valence-electron chi connectivity index (χ2n) is 21.2. The molecule has 0 spiro atoms. The summed E-state index contributed by atoms with van der Waals surface area (Å²) in [5.74, 6) is -54.0. The van der Waals surface area contributed by atoms with Gasteiger partial charge in [-0.2, -0.15) is 0 Å². The summed E-state index contributed by atoms with van der Waals surface area (Å²) in [4.78, 5) is 261. The molecule has 0 unspecified atom stereocenters. The smallest absolute Gasteiger partial charge is 0.347 e. The van der Waals surface area contributed by atoms with Gasteiger partial charge in [-0.3, -0.25) is 9.59 Å². The highest BCUT2D eigenvalue weighted by Crippen LogP contribution is 2.36. The fraction of sp³-hybridized carbons (Fsp3) is 0.308. The lowest BCUT2D eigenvalue weighted by atomic mass is 9.85. The first-order valence-electron chi connectivity index (χ1n) is 30.2. The monoisotopic (exact) mass is 1480 g/mol. The van der Waals surface area contributed by atoms with Crippen molar-refractivity contribution in [3.05, 3.63) is 136 Å². The van der Waals surface area contributed by atoms with E-state index in [1.54, 1.807) is 30.3 Å². The van der Waals surface area contributed by atoms with E-state index in [1.807, 2.05) is 0 Å². The van der Waals surface area contributed by atoms with E-state index in [9.17, 15) is 172 Å². The molecule has 0 aromatic heterocycles. The van der Waals surface area contributed by atoms with Crippen molar-refractivity contribution in [2.45, 2.75) is 117 Å². The van der Waals surface area contributed by atoms with Gasteiger partial charge in [-0.25, -0.2) is 91.1 Å². The van der Waals surface area contributed by atoms with Gasteiger partial charge in [0.15, 0.2) is 0 Å². The Morgan fingerprint density at radius 1 is 0.229 bits per heavy atom. The first kappa shape index (κ1) is 87.2. The van der Waals surface area contributed by atoms with Gasteiger partial charge in [0.25, 0.3) is 0 Å². The molecule has 4 aromatic rings. The minimum Gasteiger partial charge on any atom is -0.478 e. The number of carboxylic acid groups (broad SMARTS) is 15. The van der Waals surface area contributed by atoms with Crippen molar-refractivity contribution in [1.82, 2.24) is 0 Å². The Labute approximate surface area is 585 Å². The fourth-order valence-corrected chi connectivity index (χ4v) is 9.83. The van der Waals surface area contributed by atoms with E-state index < -0.39 is 214 Å². The summed E-state index contributed by atoms with van der Waals surface area (Å²) in [5, 5.41) is 146. The highest BCUT2D eigenvalue weighted by Gasteiger charge is 2.47. The Morgan fingerprint density at radius 2 is 0.410 bits per heavy atom. The number of carbonyl (C=O) groups is 21. The molecule has 0 heterocycles. The van der Waals surface area contributed by atoms with Gasteiger partial charge in [0.05, 0.1) is 119 Å². The number of aromatic carboxylic acids is 15. The summed E-state index contributed by atoms with van der Waals surface area (Å²) in [6, 6.07) is 8.30. The molecule has 105 heavy (non-hydrogen) atoms. The number of esters is 6. The molecule has 15 N–H and O–H groups in total. The minimum atomic E-state index is -3.21. The number of hydrogen-bond acceptors (Lipinski definition) is 25. The molecule has 4 rings (SSSR count). The highest BCUT2D eigenvalue weighted by atomic mass is 16.6. The van der Waals surface area contributed by atoms with Crippen LogP contribution in [0.3, 0.4) is 0 Å². The number of carboxylic acids is 15. The third kappa shape index (κ3) is 22.8. The van der Waals surface area contributed by atoms with Gasteiger partial charge in [0.1, 0.15) is 0 Å². The largest absolute Gasteiger partial charge is 0.478 e. The highest BCUT2D eigenvalue weighted by molar-refractivity contribution is 6.29. The normalized spacial score (nSPS) is 10.3. The molecular formula is C65H62O40. The summed E-state index contributed by atoms with van der Waals surface area (Å²) in [5.41, 5.74) is -43.4. The summed E-state index contributed by atoms with van der Waals surface area (Å²) in [7, 11) is 0. The fourth-order valence-electron chi connectivity index (χ4n) is 9.83. The van der Waals surface area contributed by atoms with Crippen LogP contribution >= 0.6 is 0 Å². The Balaban J connectivity index is 0.000000872. The van der Waals surface area contributed by atoms with E-state index in [2.05, 4.69) is 23.3 Å². The topological polar surface area (TPSA) is 699 Å². The van der Waals surface area contributed by atoms with Gasteiger partial charge >= 0.3 is 125 Å². The molecule has 0 radical (unpaired) electrons. The van der Waals surface area contributed by atoms with Gasteiger partial charge < -0.3 is 95.5 Å². The molecule has 0 aliphatic rings. The summed E-state index contributed by atoms with van der Waals surface area (Å²) >= 11 is 0. The van der Waals surface area contributed by atoms with E-state index in [4.69, 9.17) is 14.6 Å². The minimum absolute atomic E-state index is 0.140. The predicted octanol–water partition coefficient (Wildman–Crippen LogP) is 7.19. The van der Waals surface area contributed by atoms with Gasteiger partial charge in [-0.1, -0.05) is 96.3 Å². The van der Waals surface area contributed by atoms with E-state index in [0.717, 1.165) is 25.7 Å². The van der Waals surface area contributed by atoms with Crippen molar-refractivity contribution in [2.75, 3.05) is 13.2 Å². The zero-order valence-corrected chi connectivity index (χ0v) is 54.5. The zero-order valence-electron chi connectivity index (χ0n) is 54.5. The van der Waals surface area contributed by atoms with Crippen LogP contribution in [0.25, 0.3) is 0 Å². The number of ether oxygens (including phenoxy) is 4. The van der Waals surface area contributed by atoms with E-state index >= 15 is 0 Å². The lowest BCUT2D eigenvalue weighted by molar-refractivity contribution is -0.146. The average Bonchev–Trinajstić information content (AvgIpc) is 0.742. The van der Waals surface area contributed by atoms with Crippen molar-refractivity contribution in [2.24, 2.45) is 0 Å². The Bertz CT molecular complexity index is 3890. The molecule has 40 nitrogen and oxygen atoms in total. The number of rotatable bonds is 38. The van der Waals surface area contributed by atoms with Crippen molar-refractivity contribution < 1.29 is 196 Å². The van der Waals surface area contributed by atoms with Gasteiger partial charge in [-0.05, 0) is 37.8 Å². The zero-order chi connectivity index (χ0) is 80.2. The number of benzene rings is 4. The van der Waals surface area contributed by atoms with Crippen molar-refractivity contribution in [3.8, 4) is 0 Å². The van der Waals surface area contributed by atoms with Crippen LogP contribution in [0, 0.1) is 0 Å². The molecule has 0 aliphatic heterocycles. The molecule has 0 saturated carbocycles. The van der Waals surface area contributed by atoms with Crippen molar-refractivity contribution >= 4 is 125 Å². The SMILES string of the molecule is CCCCCCCCOC(=O)CCCCC(=O)OCCCCCCCC.O=C(O)c1c(C(=O)O)c(C(=O)O)c(C(=O)OC(=O)c2c(C(=O)O)c(C(=O)O)c(C(=O)O)c(C(=O)O)c2C(=O)OC(=O)c2c(C(=O)O)c(C(=O)O)c(C(=O)O)c(C(=O)O)c2C(=O)O)c(C(=O)O)c1C(=O)O.O=C(O)c1ccccc1. The van der Waals surface area contributed by atoms with Crippen LogP contribution in [0.1, 0.15) is 313 Å². The maximum absolute atomic E-state index is 14.0. The van der Waals surface area contributed by atoms with Gasteiger partial charge in [0.2, 0.25) is 0 Å². The third-order valence-corrected chi connectivity index (χ3v) is 14.2. The third-order valence-electron chi connectivity index (χ3n) is 14.2. The van der Waals surface area contributed by atoms with Crippen LogP contribution < -0.4 is 0 Å². The average molecular weight is 1480 g/mol. The molecule has 40 heteroatoms. The van der Waals surface area contributed by atoms with E-state index in [-0.39, 0.29) is 11.9 Å². The molecule has 562 valence electrons. The summed E-state index contributed by atoms with van der Waals surface area (Å²) in [6.07, 6.45) is 16.5. The second-order valence-corrected chi connectivity index (χ2v) is 21.2. The van der Waals surface area contributed by atoms with Crippen LogP contribution in [0.15, 0.2) is 30.3 Å². The first-order chi connectivity index (χ1) is 49.1. The lowest BCUT2D eigenvalue weighted by Gasteiger charge is -2.20. The lowest BCUT2D eigenvalue weighted by Crippen LogP contribution is -2.32. The Hall–Kier alpha value is -13.9. The quantitative estimate of drug-likeness (QED) is 0.00913. The number of carbonyl (C=O) groups excluding carboxylic acids is 6. The maximum atomic E-state index is 14.0. The van der Waals surface area contributed by atoms with Crippen LogP contribution in [0.2, 0.25) is 0 Å². The molecule has 4 aromatic carbocycles. The Kier molecular flexibility index (Phi) is 33.6. The molecule has 0 aliphatic carbocycles. The molecule has 0 amide bonds. The standard InChI is InChI=1S/C36H14O34.C22H42O4.C7H6O2/c37-19(38)1-3(21(41)42)9(27(53)54)15(10(28(55)56)4(1)22(43)44)33(65)69-35(67)17-13(31(61)62)7(25(49)50)8(26(51)52)14(32(63)64)18(17)36(68)70-34(66)16-11(29(57)58)5(23(45)46)2(20(39)40)6(24(47)48)12(16)30(59)60;1-3-5-7-9-11-15-19-25-21(23)17-13-14-18-22(24)26-20-16-12-10-8-6-4-2;8-7(9)6-4-2-1-3-5-6/h(H,37,38)(H,39,40)(H,41,42)(H,43,44)(H,45,46)(H,47,48)(H,49,50)(H,51,52)(H,53,54)(H,55,56)(H,57,58)(H,59,60)(H,61,62)(H,63,64);3-20H2,1-2H3;1-5H,(H,8,9). The van der Waals surface area contributed by atoms with E-state index in [0.29, 0.717) is 44.5 Å². The van der Waals surface area contributed by atoms with Gasteiger partial charge in [-0.15, -0.1) is 0 Å². The van der Waals surface area contributed by atoms with Crippen LogP contribution in [-0.2, 0) is 28.5 Å². The Morgan fingerprint density at radius 3 is 0.590 bits per heavy atom. The number of unbranched alkanes of at least 4 members (excludes halogenated alkanes) is 11. The van der Waals surface area contributed by atoms with Crippen molar-refractivity contribution in [1.29, 1.82) is 0 Å². The van der Waals surface area contributed by atoms with E-state index in [1.165, 1.54) is 51.4 Å². The molecule has 0 fully saturated rings. The molecule has 0 atom stereocenters. The van der Waals surface area contributed by atoms with Crippen LogP contribution in [0.4, 0.5) is 0 Å². The summed E-state index contributed by atoms with van der Waals surface area (Å²) in [6.45, 7) is 5.48. The molecule has 0 bridgehead atoms. The van der Waals surface area contributed by atoms with Crippen LogP contribution in [-0.4, -0.2) is 215 Å². The second kappa shape index (κ2) is 40.4. The first-order valence-corrected chi connectivity index (χ1v) is 30.2. The van der Waals surface area contributed by atoms with Crippen molar-refractivity contribution in [3.63, 3.8) is 0 Å². The molecule has 0 saturated heterocycles. The molecular weight excluding hydrogens is 1420 g/mol. The van der Waals surface area contributed by atoms with Crippen LogP contribution in [0.5, 0.6) is 0 Å². The maximum Gasteiger partial charge on any atom is 0.347 e. The predicted molar refractivity (Wildman–Crippen MR) is 337 cm³/mol. The van der Waals surface area contributed by atoms with Gasteiger partial charge in [0, 0.05) is 12.8 Å². The number of hydrogen-bond donors (Lipinski definition) is 15.